The molecule has 0 saturated heterocycles. The first-order valence-corrected chi connectivity index (χ1v) is 7.78. The van der Waals surface area contributed by atoms with Crippen molar-refractivity contribution in [3.05, 3.63) is 90.0 Å². The van der Waals surface area contributed by atoms with E-state index in [2.05, 4.69) is 97.6 Å². The Morgan fingerprint density at radius 3 is 1.96 bits per heavy atom. The van der Waals surface area contributed by atoms with E-state index in [1.54, 1.807) is 0 Å². The molecule has 0 spiro atoms. The van der Waals surface area contributed by atoms with E-state index in [0.717, 1.165) is 6.42 Å². The zero-order chi connectivity index (χ0) is 15.4. The number of benzene rings is 3. The van der Waals surface area contributed by atoms with Gasteiger partial charge in [-0.15, -0.1) is 0 Å². The molecule has 0 atom stereocenters. The first kappa shape index (κ1) is 16.8. The van der Waals surface area contributed by atoms with Gasteiger partial charge in [-0.25, -0.2) is 0 Å². The summed E-state index contributed by atoms with van der Waals surface area (Å²) in [6.45, 7) is 4.31. The summed E-state index contributed by atoms with van der Waals surface area (Å²) in [5, 5.41) is 0. The smallest absolute Gasteiger partial charge is 0.0464 e. The zero-order valence-electron chi connectivity index (χ0n) is 13.2. The van der Waals surface area contributed by atoms with Gasteiger partial charge in [0.05, 0.1) is 0 Å². The third-order valence-electron chi connectivity index (χ3n) is 3.88. The third kappa shape index (κ3) is 3.81. The number of hydrogen-bond acceptors (Lipinski definition) is 1. The van der Waals surface area contributed by atoms with Crippen molar-refractivity contribution < 1.29 is 0 Å². The van der Waals surface area contributed by atoms with Gasteiger partial charge in [0.2, 0.25) is 0 Å². The summed E-state index contributed by atoms with van der Waals surface area (Å²) in [6, 6.07) is 28.0. The highest BCUT2D eigenvalue weighted by Crippen LogP contribution is 2.34. The number of anilines is 3. The molecule has 118 valence electrons. The highest BCUT2D eigenvalue weighted by Gasteiger charge is 2.11. The van der Waals surface area contributed by atoms with E-state index in [1.165, 1.54) is 28.2 Å². The predicted molar refractivity (Wildman–Crippen MR) is 102 cm³/mol. The number of hydrogen-bond donors (Lipinski definition) is 0. The van der Waals surface area contributed by atoms with Crippen LogP contribution in [0, 0.1) is 6.92 Å². The Morgan fingerprint density at radius 1 is 0.696 bits per heavy atom. The molecule has 0 N–H and O–H groups in total. The second-order valence-electron chi connectivity index (χ2n) is 5.53. The zero-order valence-corrected chi connectivity index (χ0v) is 13.2. The van der Waals surface area contributed by atoms with Crippen LogP contribution in [0.3, 0.4) is 0 Å². The van der Waals surface area contributed by atoms with Crippen molar-refractivity contribution in [3.63, 3.8) is 0 Å². The van der Waals surface area contributed by atoms with Crippen molar-refractivity contribution >= 4 is 17.1 Å². The maximum Gasteiger partial charge on any atom is 0.0464 e. The average Bonchev–Trinajstić information content (AvgIpc) is 2.58. The fourth-order valence-corrected chi connectivity index (χ4v) is 2.63. The summed E-state index contributed by atoms with van der Waals surface area (Å²) in [4.78, 5) is 2.30. The maximum atomic E-state index is 2.30. The molecule has 0 heterocycles. The number of nitrogens with zero attached hydrogens (tertiary/aromatic N) is 1. The van der Waals surface area contributed by atoms with Gasteiger partial charge >= 0.3 is 0 Å². The van der Waals surface area contributed by atoms with Crippen molar-refractivity contribution in [3.8, 4) is 0 Å². The molecule has 0 radical (unpaired) electrons. The predicted octanol–water partition coefficient (Wildman–Crippen LogP) is 6.66. The van der Waals surface area contributed by atoms with Crippen molar-refractivity contribution in [2.75, 3.05) is 4.90 Å². The van der Waals surface area contributed by atoms with E-state index >= 15 is 0 Å². The Bertz CT molecular complexity index is 729. The lowest BCUT2D eigenvalue weighted by atomic mass is 10.1. The fraction of sp³-hybridized carbons (Fsp3) is 0.182. The monoisotopic (exact) mass is 303 g/mol. The SMILES string of the molecule is C.CCc1cccc(N(c2ccccc2)c2ccc(C)cc2)c1. The van der Waals surface area contributed by atoms with Crippen LogP contribution in [0.4, 0.5) is 17.1 Å². The summed E-state index contributed by atoms with van der Waals surface area (Å²) < 4.78 is 0. The Kier molecular flexibility index (Phi) is 5.59. The molecule has 0 aliphatic heterocycles. The highest BCUT2D eigenvalue weighted by atomic mass is 15.1. The first-order valence-electron chi connectivity index (χ1n) is 7.78. The Morgan fingerprint density at radius 2 is 1.30 bits per heavy atom. The number of rotatable bonds is 4. The van der Waals surface area contributed by atoms with E-state index in [-0.39, 0.29) is 7.43 Å². The largest absolute Gasteiger partial charge is 0.310 e. The molecule has 0 saturated carbocycles. The Labute approximate surface area is 140 Å². The Hall–Kier alpha value is -2.54. The van der Waals surface area contributed by atoms with Gasteiger partial charge in [0.25, 0.3) is 0 Å². The van der Waals surface area contributed by atoms with Gasteiger partial charge in [-0.2, -0.15) is 0 Å². The third-order valence-corrected chi connectivity index (χ3v) is 3.88. The van der Waals surface area contributed by atoms with Crippen LogP contribution in [0.5, 0.6) is 0 Å². The number of aryl methyl sites for hydroxylation is 2. The number of para-hydroxylation sites is 1. The summed E-state index contributed by atoms with van der Waals surface area (Å²) in [5.41, 5.74) is 6.20. The molecule has 0 bridgehead atoms. The van der Waals surface area contributed by atoms with Crippen LogP contribution >= 0.6 is 0 Å². The average molecular weight is 303 g/mol. The summed E-state index contributed by atoms with van der Waals surface area (Å²) in [6.07, 6.45) is 1.05. The quantitative estimate of drug-likeness (QED) is 0.520. The lowest BCUT2D eigenvalue weighted by Gasteiger charge is -2.26. The van der Waals surface area contributed by atoms with Crippen LogP contribution in [0.2, 0.25) is 0 Å². The van der Waals surface area contributed by atoms with Crippen LogP contribution < -0.4 is 4.90 Å². The van der Waals surface area contributed by atoms with Gasteiger partial charge in [-0.3, -0.25) is 0 Å². The van der Waals surface area contributed by atoms with E-state index < -0.39 is 0 Å². The van der Waals surface area contributed by atoms with Crippen molar-refractivity contribution in [2.24, 2.45) is 0 Å². The van der Waals surface area contributed by atoms with E-state index in [1.807, 2.05) is 0 Å². The summed E-state index contributed by atoms with van der Waals surface area (Å²) in [7, 11) is 0. The van der Waals surface area contributed by atoms with Gasteiger partial charge in [0.15, 0.2) is 0 Å². The standard InChI is InChI=1S/C21H21N.CH4/c1-3-18-8-7-11-21(16-18)22(19-9-5-4-6-10-19)20-14-12-17(2)13-15-20;/h4-16H,3H2,1-2H3;1H4. The molecular weight excluding hydrogens is 278 g/mol. The van der Waals surface area contributed by atoms with Crippen LogP contribution in [-0.4, -0.2) is 0 Å². The van der Waals surface area contributed by atoms with Crippen molar-refractivity contribution in [2.45, 2.75) is 27.7 Å². The molecule has 0 aromatic heterocycles. The molecule has 0 fully saturated rings. The minimum atomic E-state index is 0. The Balaban J connectivity index is 0.00000192. The summed E-state index contributed by atoms with van der Waals surface area (Å²) >= 11 is 0. The lowest BCUT2D eigenvalue weighted by Crippen LogP contribution is -2.10. The van der Waals surface area contributed by atoms with E-state index in [9.17, 15) is 0 Å². The van der Waals surface area contributed by atoms with Gasteiger partial charge < -0.3 is 4.90 Å². The van der Waals surface area contributed by atoms with Crippen LogP contribution in [0.25, 0.3) is 0 Å². The van der Waals surface area contributed by atoms with Crippen LogP contribution in [0.15, 0.2) is 78.9 Å². The topological polar surface area (TPSA) is 3.24 Å². The minimum absolute atomic E-state index is 0. The first-order chi connectivity index (χ1) is 10.8. The van der Waals surface area contributed by atoms with Crippen LogP contribution in [-0.2, 0) is 6.42 Å². The van der Waals surface area contributed by atoms with Gasteiger partial charge in [-0.1, -0.05) is 62.4 Å². The maximum absolute atomic E-state index is 2.30. The van der Waals surface area contributed by atoms with Crippen molar-refractivity contribution in [1.29, 1.82) is 0 Å². The molecule has 0 aliphatic rings. The molecule has 0 unspecified atom stereocenters. The highest BCUT2D eigenvalue weighted by molar-refractivity contribution is 5.76. The molecule has 3 aromatic rings. The summed E-state index contributed by atoms with van der Waals surface area (Å²) in [5.74, 6) is 0. The van der Waals surface area contributed by atoms with E-state index in [0.29, 0.717) is 0 Å². The molecule has 1 heteroatoms. The molecule has 23 heavy (non-hydrogen) atoms. The fourth-order valence-electron chi connectivity index (χ4n) is 2.63. The molecule has 1 nitrogen and oxygen atoms in total. The minimum Gasteiger partial charge on any atom is -0.310 e. The van der Waals surface area contributed by atoms with Crippen molar-refractivity contribution in [1.82, 2.24) is 0 Å². The normalized spacial score (nSPS) is 10.0. The van der Waals surface area contributed by atoms with Gasteiger partial charge in [0, 0.05) is 17.1 Å². The van der Waals surface area contributed by atoms with E-state index in [4.69, 9.17) is 0 Å². The second-order valence-corrected chi connectivity index (χ2v) is 5.53. The molecule has 3 rings (SSSR count). The van der Waals surface area contributed by atoms with Crippen LogP contribution in [0.1, 0.15) is 25.5 Å². The molecule has 0 amide bonds. The lowest BCUT2D eigenvalue weighted by molar-refractivity contribution is 1.13. The molecular formula is C22H25N. The molecule has 3 aromatic carbocycles. The molecule has 0 aliphatic carbocycles. The van der Waals surface area contributed by atoms with Gasteiger partial charge in [-0.05, 0) is 55.3 Å². The second kappa shape index (κ2) is 7.64. The van der Waals surface area contributed by atoms with Gasteiger partial charge in [0.1, 0.15) is 0 Å².